The Bertz CT molecular complexity index is 2020. The van der Waals surface area contributed by atoms with Crippen LogP contribution in [-0.2, 0) is 0 Å². The lowest BCUT2D eigenvalue weighted by atomic mass is 9.94. The third-order valence-electron chi connectivity index (χ3n) is 7.03. The molecule has 2 heteroatoms. The van der Waals surface area contributed by atoms with Gasteiger partial charge >= 0.3 is 0 Å². The Hall–Kier alpha value is -5.04. The fraction of sp³-hybridized carbons (Fsp3) is 0. The molecule has 44 heavy (non-hydrogen) atoms. The molecule has 0 nitrogen and oxygen atoms in total. The molecule has 0 unspecified atom stereocenters. The number of benzene rings is 6. The monoisotopic (exact) mass is 686 g/mol. The zero-order valence-corrected chi connectivity index (χ0v) is 26.8. The van der Waals surface area contributed by atoms with Crippen molar-refractivity contribution in [1.29, 1.82) is 0 Å². The van der Waals surface area contributed by atoms with Crippen molar-refractivity contribution in [3.63, 3.8) is 0 Å². The maximum Gasteiger partial charge on any atom is 0.0391 e. The van der Waals surface area contributed by atoms with Crippen LogP contribution in [0.3, 0.4) is 0 Å². The minimum Gasteiger partial charge on any atom is -0.0616 e. The van der Waals surface area contributed by atoms with Gasteiger partial charge in [-0.3, -0.25) is 0 Å². The van der Waals surface area contributed by atoms with Gasteiger partial charge in [-0.15, -0.1) is 0 Å². The molecular weight excluding hydrogens is 664 g/mol. The van der Waals surface area contributed by atoms with Crippen LogP contribution >= 0.6 is 31.9 Å². The van der Waals surface area contributed by atoms with Crippen LogP contribution in [0.1, 0.15) is 33.4 Å². The SMILES string of the molecule is Brc1ccccc1C#Cc1ccccc1-c1ccccc1C#Cc1ccccc1-c1ccccc1C#Cc1ccccc1Br. The van der Waals surface area contributed by atoms with E-state index in [-0.39, 0.29) is 0 Å². The molecule has 0 aliphatic rings. The van der Waals surface area contributed by atoms with E-state index in [1.54, 1.807) is 0 Å². The summed E-state index contributed by atoms with van der Waals surface area (Å²) in [6.07, 6.45) is 0. The Morgan fingerprint density at radius 3 is 0.727 bits per heavy atom. The van der Waals surface area contributed by atoms with Crippen LogP contribution in [0.2, 0.25) is 0 Å². The summed E-state index contributed by atoms with van der Waals surface area (Å²) in [7, 11) is 0. The van der Waals surface area contributed by atoms with Crippen LogP contribution in [0.4, 0.5) is 0 Å². The lowest BCUT2D eigenvalue weighted by molar-refractivity contribution is 1.54. The first-order valence-electron chi connectivity index (χ1n) is 14.1. The van der Waals surface area contributed by atoms with E-state index < -0.39 is 0 Å². The molecule has 0 fully saturated rings. The largest absolute Gasteiger partial charge is 0.0616 e. The highest BCUT2D eigenvalue weighted by Crippen LogP contribution is 2.29. The maximum absolute atomic E-state index is 3.61. The zero-order chi connectivity index (χ0) is 30.1. The van der Waals surface area contributed by atoms with Crippen LogP contribution < -0.4 is 0 Å². The summed E-state index contributed by atoms with van der Waals surface area (Å²) >= 11 is 7.21. The average Bonchev–Trinajstić information content (AvgIpc) is 3.07. The first-order chi connectivity index (χ1) is 21.7. The maximum atomic E-state index is 3.61. The van der Waals surface area contributed by atoms with Crippen molar-refractivity contribution in [2.75, 3.05) is 0 Å². The highest BCUT2D eigenvalue weighted by molar-refractivity contribution is 9.10. The molecule has 0 atom stereocenters. The van der Waals surface area contributed by atoms with Crippen molar-refractivity contribution >= 4 is 31.9 Å². The summed E-state index contributed by atoms with van der Waals surface area (Å²) in [5.74, 6) is 20.4. The van der Waals surface area contributed by atoms with Crippen molar-refractivity contribution in [3.05, 3.63) is 188 Å². The lowest BCUT2D eigenvalue weighted by Crippen LogP contribution is -1.90. The van der Waals surface area contributed by atoms with E-state index >= 15 is 0 Å². The predicted molar refractivity (Wildman–Crippen MR) is 190 cm³/mol. The van der Waals surface area contributed by atoms with E-state index in [9.17, 15) is 0 Å². The topological polar surface area (TPSA) is 0 Å². The average molecular weight is 688 g/mol. The fourth-order valence-electron chi connectivity index (χ4n) is 4.84. The Kier molecular flexibility index (Phi) is 9.21. The van der Waals surface area contributed by atoms with E-state index in [4.69, 9.17) is 0 Å². The molecule has 0 radical (unpaired) electrons. The molecule has 206 valence electrons. The van der Waals surface area contributed by atoms with Gasteiger partial charge in [0.15, 0.2) is 0 Å². The molecule has 0 N–H and O–H groups in total. The molecule has 0 spiro atoms. The first kappa shape index (κ1) is 29.1. The van der Waals surface area contributed by atoms with E-state index in [1.165, 1.54) is 0 Å². The van der Waals surface area contributed by atoms with E-state index in [0.29, 0.717) is 0 Å². The van der Waals surface area contributed by atoms with Crippen molar-refractivity contribution in [3.8, 4) is 57.8 Å². The van der Waals surface area contributed by atoms with Gasteiger partial charge in [-0.1, -0.05) is 133 Å². The fourth-order valence-corrected chi connectivity index (χ4v) is 5.60. The molecule has 0 aliphatic carbocycles. The zero-order valence-electron chi connectivity index (χ0n) is 23.6. The predicted octanol–water partition coefficient (Wildman–Crippen LogP) is 10.7. The molecule has 0 aliphatic heterocycles. The van der Waals surface area contributed by atoms with Gasteiger partial charge in [0.1, 0.15) is 0 Å². The van der Waals surface area contributed by atoms with Gasteiger partial charge in [0, 0.05) is 42.3 Å². The van der Waals surface area contributed by atoms with Gasteiger partial charge in [0.25, 0.3) is 0 Å². The smallest absolute Gasteiger partial charge is 0.0391 e. The van der Waals surface area contributed by atoms with Crippen LogP contribution in [0.5, 0.6) is 0 Å². The van der Waals surface area contributed by atoms with Crippen molar-refractivity contribution in [2.24, 2.45) is 0 Å². The second-order valence-electron chi connectivity index (χ2n) is 9.89. The van der Waals surface area contributed by atoms with Crippen molar-refractivity contribution in [1.82, 2.24) is 0 Å². The minimum atomic E-state index is 0.944. The molecule has 0 amide bonds. The number of hydrogen-bond acceptors (Lipinski definition) is 0. The van der Waals surface area contributed by atoms with Gasteiger partial charge in [-0.2, -0.15) is 0 Å². The summed E-state index contributed by atoms with van der Waals surface area (Å²) < 4.78 is 1.96. The minimum absolute atomic E-state index is 0.944. The van der Waals surface area contributed by atoms with Gasteiger partial charge in [-0.05, 0) is 103 Å². The summed E-state index contributed by atoms with van der Waals surface area (Å²) in [6, 6.07) is 49.0. The number of hydrogen-bond donors (Lipinski definition) is 0. The van der Waals surface area contributed by atoms with E-state index in [1.807, 2.05) is 97.1 Å². The summed E-state index contributed by atoms with van der Waals surface area (Å²) in [4.78, 5) is 0. The van der Waals surface area contributed by atoms with Gasteiger partial charge in [-0.25, -0.2) is 0 Å². The Balaban J connectivity index is 1.39. The van der Waals surface area contributed by atoms with E-state index in [0.717, 1.165) is 64.6 Å². The molecule has 0 saturated heterocycles. The van der Waals surface area contributed by atoms with Crippen LogP contribution in [0.25, 0.3) is 22.3 Å². The highest BCUT2D eigenvalue weighted by Gasteiger charge is 2.09. The van der Waals surface area contributed by atoms with Gasteiger partial charge in [0.2, 0.25) is 0 Å². The third kappa shape index (κ3) is 6.78. The Labute approximate surface area is 276 Å². The third-order valence-corrected chi connectivity index (χ3v) is 8.41. The lowest BCUT2D eigenvalue weighted by Gasteiger charge is -2.09. The van der Waals surface area contributed by atoms with Crippen molar-refractivity contribution in [2.45, 2.75) is 0 Å². The second kappa shape index (κ2) is 14.0. The van der Waals surface area contributed by atoms with Gasteiger partial charge < -0.3 is 0 Å². The molecule has 6 rings (SSSR count). The summed E-state index contributed by atoms with van der Waals surface area (Å²) in [6.45, 7) is 0. The molecule has 0 aromatic heterocycles. The highest BCUT2D eigenvalue weighted by atomic mass is 79.9. The standard InChI is InChI=1S/C42H24Br2/c43-41-23-11-5-17-35(41)29-27-33-15-3-9-21-39(33)37-19-7-1-13-31(37)25-26-32-14-2-8-20-38(32)40-22-10-4-16-34(40)28-30-36-18-6-12-24-42(36)44/h1-24H. The molecule has 0 bridgehead atoms. The van der Waals surface area contributed by atoms with Crippen LogP contribution in [-0.4, -0.2) is 0 Å². The molecule has 0 saturated carbocycles. The molecule has 0 heterocycles. The Morgan fingerprint density at radius 2 is 0.455 bits per heavy atom. The number of rotatable bonds is 2. The molecule has 6 aromatic carbocycles. The van der Waals surface area contributed by atoms with Crippen LogP contribution in [0.15, 0.2) is 155 Å². The van der Waals surface area contributed by atoms with Crippen molar-refractivity contribution < 1.29 is 0 Å². The molecular formula is C42H24Br2. The molecule has 6 aromatic rings. The number of halogens is 2. The summed E-state index contributed by atoms with van der Waals surface area (Å²) in [5, 5.41) is 0. The summed E-state index contributed by atoms with van der Waals surface area (Å²) in [5.41, 5.74) is 9.91. The quantitative estimate of drug-likeness (QED) is 0.159. The van der Waals surface area contributed by atoms with Gasteiger partial charge in [0.05, 0.1) is 0 Å². The normalized spacial score (nSPS) is 9.95. The van der Waals surface area contributed by atoms with E-state index in [2.05, 4.69) is 116 Å². The first-order valence-corrected chi connectivity index (χ1v) is 15.7. The Morgan fingerprint density at radius 1 is 0.250 bits per heavy atom. The second-order valence-corrected chi connectivity index (χ2v) is 11.6. The van der Waals surface area contributed by atoms with Crippen LogP contribution in [0, 0.1) is 35.5 Å².